The van der Waals surface area contributed by atoms with E-state index in [9.17, 15) is 4.79 Å². The summed E-state index contributed by atoms with van der Waals surface area (Å²) in [5.74, 6) is 1.10. The number of carbonyl (C=O) groups is 1. The van der Waals surface area contributed by atoms with Gasteiger partial charge in [-0.05, 0) is 68.4 Å². The van der Waals surface area contributed by atoms with Gasteiger partial charge in [0.15, 0.2) is 0 Å². The number of carbonyl (C=O) groups excluding carboxylic acids is 1. The molecule has 2 aliphatic heterocycles. The lowest BCUT2D eigenvalue weighted by atomic mass is 9.98. The van der Waals surface area contributed by atoms with Crippen molar-refractivity contribution in [3.63, 3.8) is 0 Å². The van der Waals surface area contributed by atoms with Crippen molar-refractivity contribution in [3.05, 3.63) is 42.1 Å². The Morgan fingerprint density at radius 2 is 1.58 bits per heavy atom. The molecular formula is C26H34N4O. The minimum absolute atomic E-state index is 0.280. The molecule has 1 saturated carbocycles. The lowest BCUT2D eigenvalue weighted by Gasteiger charge is -2.36. The third kappa shape index (κ3) is 4.56. The van der Waals surface area contributed by atoms with E-state index in [1.54, 1.807) is 0 Å². The van der Waals surface area contributed by atoms with Gasteiger partial charge >= 0.3 is 0 Å². The number of pyridine rings is 1. The topological polar surface area (TPSA) is 48.5 Å². The maximum atomic E-state index is 12.9. The molecule has 164 valence electrons. The van der Waals surface area contributed by atoms with Crippen LogP contribution in [-0.2, 0) is 11.2 Å². The Morgan fingerprint density at radius 3 is 2.32 bits per heavy atom. The maximum absolute atomic E-state index is 12.9. The summed E-state index contributed by atoms with van der Waals surface area (Å²) < 4.78 is 0. The maximum Gasteiger partial charge on any atom is 0.227 e. The van der Waals surface area contributed by atoms with E-state index in [1.165, 1.54) is 56.2 Å². The van der Waals surface area contributed by atoms with E-state index in [-0.39, 0.29) is 5.91 Å². The van der Waals surface area contributed by atoms with Crippen molar-refractivity contribution in [2.75, 3.05) is 28.2 Å². The van der Waals surface area contributed by atoms with Gasteiger partial charge in [0.25, 0.3) is 0 Å². The zero-order chi connectivity index (χ0) is 21.0. The van der Waals surface area contributed by atoms with Gasteiger partial charge in [-0.2, -0.15) is 0 Å². The Hall–Kier alpha value is -2.56. The van der Waals surface area contributed by atoms with Gasteiger partial charge in [-0.25, -0.2) is 4.98 Å². The molecule has 0 radical (unpaired) electrons. The van der Waals surface area contributed by atoms with Crippen LogP contribution in [-0.4, -0.2) is 30.0 Å². The van der Waals surface area contributed by atoms with Gasteiger partial charge in [0.05, 0.1) is 5.69 Å². The third-order valence-electron chi connectivity index (χ3n) is 7.15. The van der Waals surface area contributed by atoms with Crippen molar-refractivity contribution >= 4 is 28.8 Å². The van der Waals surface area contributed by atoms with Crippen LogP contribution in [0.2, 0.25) is 0 Å². The number of amides is 1. The fraction of sp³-hybridized carbons (Fsp3) is 0.538. The van der Waals surface area contributed by atoms with Crippen molar-refractivity contribution in [2.45, 2.75) is 76.7 Å². The molecule has 1 aromatic carbocycles. The second kappa shape index (κ2) is 9.29. The smallest absolute Gasteiger partial charge is 0.227 e. The number of rotatable bonds is 4. The molecule has 1 amide bonds. The molecule has 2 fully saturated rings. The van der Waals surface area contributed by atoms with E-state index in [1.807, 2.05) is 6.20 Å². The highest BCUT2D eigenvalue weighted by molar-refractivity contribution is 5.97. The number of hydrogen-bond donors (Lipinski definition) is 1. The van der Waals surface area contributed by atoms with Gasteiger partial charge in [-0.15, -0.1) is 0 Å². The van der Waals surface area contributed by atoms with E-state index in [0.29, 0.717) is 12.5 Å². The third-order valence-corrected chi connectivity index (χ3v) is 7.15. The molecule has 1 N–H and O–H groups in total. The lowest BCUT2D eigenvalue weighted by Crippen LogP contribution is -2.43. The van der Waals surface area contributed by atoms with Gasteiger partial charge in [0, 0.05) is 49.2 Å². The monoisotopic (exact) mass is 418 g/mol. The molecule has 5 rings (SSSR count). The summed E-state index contributed by atoms with van der Waals surface area (Å²) >= 11 is 0. The SMILES string of the molecule is O=C1CCc2cnc(Nc3ccc(N4CCCCC4)cc3)cc2N1C1CCCCCC1. The van der Waals surface area contributed by atoms with Crippen LogP contribution in [0.1, 0.15) is 69.8 Å². The van der Waals surface area contributed by atoms with Crippen LogP contribution >= 0.6 is 0 Å². The number of benzene rings is 1. The first-order valence-corrected chi connectivity index (χ1v) is 12.2. The molecule has 0 spiro atoms. The van der Waals surface area contributed by atoms with E-state index in [2.05, 4.69) is 50.4 Å². The molecule has 31 heavy (non-hydrogen) atoms. The molecule has 0 atom stereocenters. The number of fused-ring (bicyclic) bond motifs is 1. The first-order chi connectivity index (χ1) is 15.3. The van der Waals surface area contributed by atoms with Gasteiger partial charge in [0.1, 0.15) is 5.82 Å². The second-order valence-electron chi connectivity index (χ2n) is 9.33. The summed E-state index contributed by atoms with van der Waals surface area (Å²) in [5.41, 5.74) is 4.62. The van der Waals surface area contributed by atoms with Crippen molar-refractivity contribution in [2.24, 2.45) is 0 Å². The Bertz CT molecular complexity index is 896. The molecule has 1 aliphatic carbocycles. The van der Waals surface area contributed by atoms with Crippen LogP contribution in [0.5, 0.6) is 0 Å². The van der Waals surface area contributed by atoms with E-state index in [0.717, 1.165) is 49.5 Å². The molecule has 5 nitrogen and oxygen atoms in total. The average Bonchev–Trinajstić information content (AvgIpc) is 3.09. The van der Waals surface area contributed by atoms with E-state index in [4.69, 9.17) is 0 Å². The quantitative estimate of drug-likeness (QED) is 0.636. The first-order valence-electron chi connectivity index (χ1n) is 12.2. The number of aryl methyl sites for hydroxylation is 1. The average molecular weight is 419 g/mol. The molecule has 2 aromatic rings. The summed E-state index contributed by atoms with van der Waals surface area (Å²) in [7, 11) is 0. The normalized spacial score (nSPS) is 20.3. The predicted molar refractivity (Wildman–Crippen MR) is 127 cm³/mol. The second-order valence-corrected chi connectivity index (χ2v) is 9.33. The highest BCUT2D eigenvalue weighted by Gasteiger charge is 2.31. The van der Waals surface area contributed by atoms with Crippen LogP contribution in [0.15, 0.2) is 36.5 Å². The summed E-state index contributed by atoms with van der Waals surface area (Å²) in [5, 5.41) is 3.47. The van der Waals surface area contributed by atoms with Crippen LogP contribution in [0.4, 0.5) is 22.9 Å². The van der Waals surface area contributed by atoms with E-state index < -0.39 is 0 Å². The fourth-order valence-corrected chi connectivity index (χ4v) is 5.43. The van der Waals surface area contributed by atoms with Crippen LogP contribution < -0.4 is 15.1 Å². The lowest BCUT2D eigenvalue weighted by molar-refractivity contribution is -0.119. The molecule has 3 heterocycles. The van der Waals surface area contributed by atoms with Gasteiger partial charge in [-0.1, -0.05) is 25.7 Å². The van der Waals surface area contributed by atoms with Crippen LogP contribution in [0.25, 0.3) is 0 Å². The summed E-state index contributed by atoms with van der Waals surface area (Å²) in [6.45, 7) is 2.31. The fourth-order valence-electron chi connectivity index (χ4n) is 5.43. The highest BCUT2D eigenvalue weighted by Crippen LogP contribution is 2.35. The van der Waals surface area contributed by atoms with Gasteiger partial charge < -0.3 is 15.1 Å². The van der Waals surface area contributed by atoms with Gasteiger partial charge in [-0.3, -0.25) is 4.79 Å². The Labute approximate surface area is 185 Å². The highest BCUT2D eigenvalue weighted by atomic mass is 16.2. The first kappa shape index (κ1) is 20.3. The van der Waals surface area contributed by atoms with Crippen molar-refractivity contribution in [1.82, 2.24) is 4.98 Å². The summed E-state index contributed by atoms with van der Waals surface area (Å²) in [4.78, 5) is 22.2. The Morgan fingerprint density at radius 1 is 0.871 bits per heavy atom. The number of nitrogens with zero attached hydrogens (tertiary/aromatic N) is 3. The molecule has 3 aliphatic rings. The Balaban J connectivity index is 1.34. The minimum Gasteiger partial charge on any atom is -0.372 e. The standard InChI is InChI=1S/C26H34N4O/c31-26-15-10-20-19-27-25(18-24(20)30(26)23-8-4-1-2-5-9-23)28-21-11-13-22(14-12-21)29-16-6-3-7-17-29/h11-14,18-19,23H,1-10,15-17H2,(H,27,28). The largest absolute Gasteiger partial charge is 0.372 e. The Kier molecular flexibility index (Phi) is 6.10. The molecule has 0 unspecified atom stereocenters. The number of hydrogen-bond acceptors (Lipinski definition) is 4. The number of piperidine rings is 1. The molecule has 5 heteroatoms. The zero-order valence-electron chi connectivity index (χ0n) is 18.5. The van der Waals surface area contributed by atoms with Crippen molar-refractivity contribution < 1.29 is 4.79 Å². The summed E-state index contributed by atoms with van der Waals surface area (Å²) in [6, 6.07) is 11.1. The van der Waals surface area contributed by atoms with Crippen LogP contribution in [0.3, 0.4) is 0 Å². The van der Waals surface area contributed by atoms with Crippen molar-refractivity contribution in [3.8, 4) is 0 Å². The van der Waals surface area contributed by atoms with Gasteiger partial charge in [0.2, 0.25) is 5.91 Å². The minimum atomic E-state index is 0.280. The van der Waals surface area contributed by atoms with Crippen LogP contribution in [0, 0.1) is 0 Å². The predicted octanol–water partition coefficient (Wildman–Crippen LogP) is 5.82. The zero-order valence-corrected chi connectivity index (χ0v) is 18.5. The molecule has 1 aromatic heterocycles. The molecule has 0 bridgehead atoms. The molecule has 1 saturated heterocycles. The molecular weight excluding hydrogens is 384 g/mol. The van der Waals surface area contributed by atoms with Crippen molar-refractivity contribution in [1.29, 1.82) is 0 Å². The van der Waals surface area contributed by atoms with E-state index >= 15 is 0 Å². The number of aromatic nitrogens is 1. The number of anilines is 4. The summed E-state index contributed by atoms with van der Waals surface area (Å²) in [6.07, 6.45) is 14.6. The number of nitrogens with one attached hydrogen (secondary N) is 1.